The number of carbonyl (C=O) groups is 1. The van der Waals surface area contributed by atoms with Gasteiger partial charge in [0.15, 0.2) is 0 Å². The van der Waals surface area contributed by atoms with Gasteiger partial charge in [0, 0.05) is 6.08 Å². The molecule has 4 heteroatoms. The Morgan fingerprint density at radius 2 is 2.13 bits per heavy atom. The van der Waals surface area contributed by atoms with E-state index in [9.17, 15) is 9.18 Å². The van der Waals surface area contributed by atoms with Gasteiger partial charge in [-0.25, -0.2) is 9.18 Å². The Kier molecular flexibility index (Phi) is 4.24. The third-order valence-corrected chi connectivity index (χ3v) is 2.19. The molecule has 1 N–H and O–H groups in total. The van der Waals surface area contributed by atoms with E-state index < -0.39 is 5.97 Å². The van der Waals surface area contributed by atoms with Crippen LogP contribution in [0.25, 0.3) is 6.08 Å². The Balaban J connectivity index is 2.73. The molecule has 2 nitrogen and oxygen atoms in total. The summed E-state index contributed by atoms with van der Waals surface area (Å²) in [5.74, 6) is -1.33. The SMILES string of the molecule is O=C(O)/C=C/C=C/c1ccc(F)c(Br)c1. The van der Waals surface area contributed by atoms with Gasteiger partial charge in [0.1, 0.15) is 5.82 Å². The van der Waals surface area contributed by atoms with Crippen LogP contribution in [0.3, 0.4) is 0 Å². The highest BCUT2D eigenvalue weighted by Gasteiger charge is 1.96. The summed E-state index contributed by atoms with van der Waals surface area (Å²) >= 11 is 3.06. The molecular weight excluding hydrogens is 263 g/mol. The fourth-order valence-electron chi connectivity index (χ4n) is 0.921. The highest BCUT2D eigenvalue weighted by atomic mass is 79.9. The minimum absolute atomic E-state index is 0.326. The van der Waals surface area contributed by atoms with Crippen LogP contribution >= 0.6 is 15.9 Å². The first-order valence-electron chi connectivity index (χ1n) is 4.12. The maximum absolute atomic E-state index is 12.8. The number of hydrogen-bond acceptors (Lipinski definition) is 1. The molecule has 0 unspecified atom stereocenters. The van der Waals surface area contributed by atoms with Crippen molar-refractivity contribution in [3.8, 4) is 0 Å². The lowest BCUT2D eigenvalue weighted by Crippen LogP contribution is -1.84. The molecule has 0 radical (unpaired) electrons. The first kappa shape index (κ1) is 11.7. The fraction of sp³-hybridized carbons (Fsp3) is 0. The molecule has 0 heterocycles. The Bertz CT molecular complexity index is 425. The summed E-state index contributed by atoms with van der Waals surface area (Å²) in [6.45, 7) is 0. The molecule has 0 bridgehead atoms. The Morgan fingerprint density at radius 3 is 2.73 bits per heavy atom. The van der Waals surface area contributed by atoms with E-state index in [1.807, 2.05) is 0 Å². The molecule has 0 atom stereocenters. The van der Waals surface area contributed by atoms with Crippen LogP contribution in [-0.2, 0) is 4.79 Å². The summed E-state index contributed by atoms with van der Waals surface area (Å²) in [5.41, 5.74) is 0.790. The normalized spacial score (nSPS) is 11.3. The summed E-state index contributed by atoms with van der Waals surface area (Å²) < 4.78 is 13.2. The van der Waals surface area contributed by atoms with Crippen molar-refractivity contribution >= 4 is 28.0 Å². The average Bonchev–Trinajstić information content (AvgIpc) is 2.18. The van der Waals surface area contributed by atoms with E-state index in [0.29, 0.717) is 4.47 Å². The Hall–Kier alpha value is -1.42. The first-order chi connectivity index (χ1) is 7.09. The molecule has 0 fully saturated rings. The lowest BCUT2D eigenvalue weighted by Gasteiger charge is -1.95. The number of allylic oxidation sites excluding steroid dienone is 2. The second kappa shape index (κ2) is 5.46. The summed E-state index contributed by atoms with van der Waals surface area (Å²) in [7, 11) is 0. The third-order valence-electron chi connectivity index (χ3n) is 1.58. The number of halogens is 2. The summed E-state index contributed by atoms with van der Waals surface area (Å²) in [6, 6.07) is 4.55. The van der Waals surface area contributed by atoms with Gasteiger partial charge in [-0.05, 0) is 33.6 Å². The van der Waals surface area contributed by atoms with Crippen molar-refractivity contribution in [3.05, 3.63) is 52.3 Å². The Morgan fingerprint density at radius 1 is 1.40 bits per heavy atom. The number of benzene rings is 1. The zero-order valence-electron chi connectivity index (χ0n) is 7.65. The second-order valence-corrected chi connectivity index (χ2v) is 3.58. The van der Waals surface area contributed by atoms with Gasteiger partial charge in [0.25, 0.3) is 0 Å². The predicted octanol–water partition coefficient (Wildman–Crippen LogP) is 3.24. The molecular formula is C11H8BrFO2. The molecule has 0 aliphatic carbocycles. The largest absolute Gasteiger partial charge is 0.478 e. The van der Waals surface area contributed by atoms with Gasteiger partial charge in [0.2, 0.25) is 0 Å². The highest BCUT2D eigenvalue weighted by Crippen LogP contribution is 2.17. The van der Waals surface area contributed by atoms with E-state index in [4.69, 9.17) is 5.11 Å². The maximum atomic E-state index is 12.8. The first-order valence-corrected chi connectivity index (χ1v) is 4.91. The maximum Gasteiger partial charge on any atom is 0.328 e. The molecule has 0 aliphatic heterocycles. The molecule has 0 aromatic heterocycles. The van der Waals surface area contributed by atoms with Crippen molar-refractivity contribution in [1.29, 1.82) is 0 Å². The van der Waals surface area contributed by atoms with Gasteiger partial charge < -0.3 is 5.11 Å². The minimum Gasteiger partial charge on any atom is -0.478 e. The molecule has 0 saturated heterocycles. The van der Waals surface area contributed by atoms with E-state index in [0.717, 1.165) is 11.6 Å². The molecule has 0 amide bonds. The molecule has 0 aliphatic rings. The van der Waals surface area contributed by atoms with Crippen LogP contribution in [-0.4, -0.2) is 11.1 Å². The molecule has 78 valence electrons. The lowest BCUT2D eigenvalue weighted by atomic mass is 10.2. The standard InChI is InChI=1S/C11H8BrFO2/c12-9-7-8(5-6-10(9)13)3-1-2-4-11(14)15/h1-7H,(H,14,15)/b3-1+,4-2+. The van der Waals surface area contributed by atoms with Crippen molar-refractivity contribution in [3.63, 3.8) is 0 Å². The van der Waals surface area contributed by atoms with Gasteiger partial charge in [-0.1, -0.05) is 24.3 Å². The van der Waals surface area contributed by atoms with Crippen molar-refractivity contribution in [2.45, 2.75) is 0 Å². The van der Waals surface area contributed by atoms with Crippen LogP contribution in [0.15, 0.2) is 40.9 Å². The van der Waals surface area contributed by atoms with Crippen LogP contribution in [0.1, 0.15) is 5.56 Å². The van der Waals surface area contributed by atoms with E-state index in [1.165, 1.54) is 12.1 Å². The van der Waals surface area contributed by atoms with Crippen molar-refractivity contribution < 1.29 is 14.3 Å². The van der Waals surface area contributed by atoms with Gasteiger partial charge in [-0.3, -0.25) is 0 Å². The molecule has 15 heavy (non-hydrogen) atoms. The topological polar surface area (TPSA) is 37.3 Å². The van der Waals surface area contributed by atoms with E-state index in [-0.39, 0.29) is 5.82 Å². The van der Waals surface area contributed by atoms with E-state index in [1.54, 1.807) is 24.3 Å². The molecule has 0 saturated carbocycles. The molecule has 1 rings (SSSR count). The zero-order valence-corrected chi connectivity index (χ0v) is 9.24. The number of hydrogen-bond donors (Lipinski definition) is 1. The van der Waals surface area contributed by atoms with Crippen molar-refractivity contribution in [2.75, 3.05) is 0 Å². The highest BCUT2D eigenvalue weighted by molar-refractivity contribution is 9.10. The smallest absolute Gasteiger partial charge is 0.328 e. The van der Waals surface area contributed by atoms with Crippen LogP contribution in [0.2, 0.25) is 0 Å². The predicted molar refractivity (Wildman–Crippen MR) is 59.9 cm³/mol. The average molecular weight is 271 g/mol. The van der Waals surface area contributed by atoms with Gasteiger partial charge >= 0.3 is 5.97 Å². The van der Waals surface area contributed by atoms with Gasteiger partial charge in [0.05, 0.1) is 4.47 Å². The fourth-order valence-corrected chi connectivity index (χ4v) is 1.32. The summed E-state index contributed by atoms with van der Waals surface area (Å²) in [5, 5.41) is 8.31. The van der Waals surface area contributed by atoms with E-state index >= 15 is 0 Å². The third kappa shape index (κ3) is 4.08. The van der Waals surface area contributed by atoms with Gasteiger partial charge in [-0.2, -0.15) is 0 Å². The molecule has 0 spiro atoms. The summed E-state index contributed by atoms with van der Waals surface area (Å²) in [4.78, 5) is 10.1. The number of rotatable bonds is 3. The monoisotopic (exact) mass is 270 g/mol. The second-order valence-electron chi connectivity index (χ2n) is 2.73. The van der Waals surface area contributed by atoms with Crippen LogP contribution < -0.4 is 0 Å². The quantitative estimate of drug-likeness (QED) is 0.676. The van der Waals surface area contributed by atoms with E-state index in [2.05, 4.69) is 15.9 Å². The molecule has 1 aromatic carbocycles. The van der Waals surface area contributed by atoms with Crippen LogP contribution in [0, 0.1) is 5.82 Å². The van der Waals surface area contributed by atoms with Crippen molar-refractivity contribution in [1.82, 2.24) is 0 Å². The van der Waals surface area contributed by atoms with Gasteiger partial charge in [-0.15, -0.1) is 0 Å². The Labute approximate surface area is 94.9 Å². The minimum atomic E-state index is -1.00. The number of carboxylic acids is 1. The van der Waals surface area contributed by atoms with Crippen LogP contribution in [0.5, 0.6) is 0 Å². The van der Waals surface area contributed by atoms with Crippen molar-refractivity contribution in [2.24, 2.45) is 0 Å². The van der Waals surface area contributed by atoms with Crippen LogP contribution in [0.4, 0.5) is 4.39 Å². The molecule has 1 aromatic rings. The lowest BCUT2D eigenvalue weighted by molar-refractivity contribution is -0.131. The zero-order chi connectivity index (χ0) is 11.3. The number of aliphatic carboxylic acids is 1. The number of carboxylic acid groups (broad SMARTS) is 1. The summed E-state index contributed by atoms with van der Waals surface area (Å²) in [6.07, 6.45) is 5.69.